The molecule has 0 fully saturated rings. The summed E-state index contributed by atoms with van der Waals surface area (Å²) in [6.07, 6.45) is 0. The number of methoxy groups -OCH3 is 1. The van der Waals surface area contributed by atoms with Gasteiger partial charge < -0.3 is 19.8 Å². The first-order valence-electron chi connectivity index (χ1n) is 6.47. The van der Waals surface area contributed by atoms with Gasteiger partial charge in [0.25, 0.3) is 5.91 Å². The van der Waals surface area contributed by atoms with Crippen LogP contribution in [0.3, 0.4) is 0 Å². The van der Waals surface area contributed by atoms with E-state index in [9.17, 15) is 24.6 Å². The number of benzene rings is 1. The van der Waals surface area contributed by atoms with Crippen molar-refractivity contribution in [2.24, 2.45) is 0 Å². The highest BCUT2D eigenvalue weighted by Crippen LogP contribution is 2.37. The Morgan fingerprint density at radius 2 is 1.82 bits per heavy atom. The van der Waals surface area contributed by atoms with E-state index in [2.05, 4.69) is 4.74 Å². The van der Waals surface area contributed by atoms with Crippen molar-refractivity contribution in [2.45, 2.75) is 13.0 Å². The van der Waals surface area contributed by atoms with Crippen molar-refractivity contribution < 1.29 is 29.3 Å². The number of aromatic hydroxyl groups is 1. The van der Waals surface area contributed by atoms with E-state index in [4.69, 9.17) is 0 Å². The van der Waals surface area contributed by atoms with Gasteiger partial charge in [-0.3, -0.25) is 14.4 Å². The maximum Gasteiger partial charge on any atom is 0.325 e. The standard InChI is InChI=1S/C15H15NO6/c1-8(17)12-13(9-3-5-10(18)6-4-9)16(7-11(19)22-2)15(21)14(12)20/h3-6,13,18,20H,7H2,1-2H3. The summed E-state index contributed by atoms with van der Waals surface area (Å²) >= 11 is 0. The van der Waals surface area contributed by atoms with Gasteiger partial charge in [0.1, 0.15) is 12.3 Å². The SMILES string of the molecule is COC(=O)CN1C(=O)C(O)=C(C(C)=O)C1c1ccc(O)cc1. The largest absolute Gasteiger partial charge is 0.508 e. The quantitative estimate of drug-likeness (QED) is 0.799. The fraction of sp³-hybridized carbons (Fsp3) is 0.267. The van der Waals surface area contributed by atoms with E-state index in [-0.39, 0.29) is 11.3 Å². The van der Waals surface area contributed by atoms with Crippen molar-refractivity contribution in [3.63, 3.8) is 0 Å². The molecule has 1 heterocycles. The Morgan fingerprint density at radius 3 is 2.32 bits per heavy atom. The topological polar surface area (TPSA) is 104 Å². The molecule has 2 rings (SSSR count). The molecular weight excluding hydrogens is 290 g/mol. The van der Waals surface area contributed by atoms with Crippen LogP contribution >= 0.6 is 0 Å². The third kappa shape index (κ3) is 2.65. The lowest BCUT2D eigenvalue weighted by Gasteiger charge is -2.25. The Balaban J connectivity index is 2.50. The molecule has 0 aromatic heterocycles. The monoisotopic (exact) mass is 305 g/mol. The van der Waals surface area contributed by atoms with E-state index < -0.39 is 36.0 Å². The Bertz CT molecular complexity index is 661. The molecule has 0 spiro atoms. The molecule has 0 radical (unpaired) electrons. The number of esters is 1. The van der Waals surface area contributed by atoms with Gasteiger partial charge in [0.15, 0.2) is 11.5 Å². The van der Waals surface area contributed by atoms with Crippen LogP contribution in [-0.2, 0) is 19.1 Å². The van der Waals surface area contributed by atoms with E-state index in [0.717, 1.165) is 4.90 Å². The van der Waals surface area contributed by atoms with Crippen molar-refractivity contribution in [3.8, 4) is 5.75 Å². The molecule has 1 aromatic rings. The Labute approximate surface area is 126 Å². The van der Waals surface area contributed by atoms with Gasteiger partial charge in [0.05, 0.1) is 18.7 Å². The normalized spacial score (nSPS) is 17.8. The van der Waals surface area contributed by atoms with E-state index in [1.165, 1.54) is 38.3 Å². The summed E-state index contributed by atoms with van der Waals surface area (Å²) in [6.45, 7) is 0.829. The molecule has 1 aliphatic heterocycles. The van der Waals surface area contributed by atoms with Gasteiger partial charge in [-0.15, -0.1) is 0 Å². The van der Waals surface area contributed by atoms with Gasteiger partial charge in [-0.2, -0.15) is 0 Å². The minimum atomic E-state index is -0.898. The van der Waals surface area contributed by atoms with Crippen LogP contribution in [0.4, 0.5) is 0 Å². The number of nitrogens with zero attached hydrogens (tertiary/aromatic N) is 1. The summed E-state index contributed by atoms with van der Waals surface area (Å²) in [5.41, 5.74) is 0.406. The third-order valence-corrected chi connectivity index (χ3v) is 3.42. The van der Waals surface area contributed by atoms with Crippen LogP contribution in [0.2, 0.25) is 0 Å². The zero-order chi connectivity index (χ0) is 16.4. The van der Waals surface area contributed by atoms with E-state index in [1.54, 1.807) is 0 Å². The zero-order valence-electron chi connectivity index (χ0n) is 12.1. The second kappa shape index (κ2) is 5.88. The first-order valence-corrected chi connectivity index (χ1v) is 6.47. The molecule has 1 aliphatic rings. The number of carbonyl (C=O) groups is 3. The molecule has 0 bridgehead atoms. The minimum Gasteiger partial charge on any atom is -0.508 e. The summed E-state index contributed by atoms with van der Waals surface area (Å²) < 4.78 is 4.54. The van der Waals surface area contributed by atoms with Crippen LogP contribution in [0.25, 0.3) is 0 Å². The van der Waals surface area contributed by atoms with Gasteiger partial charge in [0, 0.05) is 0 Å². The molecule has 1 unspecified atom stereocenters. The maximum absolute atomic E-state index is 12.1. The lowest BCUT2D eigenvalue weighted by molar-refractivity contribution is -0.146. The van der Waals surface area contributed by atoms with Crippen LogP contribution in [0.15, 0.2) is 35.6 Å². The van der Waals surface area contributed by atoms with Crippen LogP contribution in [-0.4, -0.2) is 46.4 Å². The predicted octanol–water partition coefficient (Wildman–Crippen LogP) is 0.850. The molecule has 1 amide bonds. The van der Waals surface area contributed by atoms with E-state index in [1.807, 2.05) is 0 Å². The number of aliphatic hydroxyl groups excluding tert-OH is 1. The zero-order valence-corrected chi connectivity index (χ0v) is 12.1. The molecule has 116 valence electrons. The summed E-state index contributed by atoms with van der Waals surface area (Å²) in [5.74, 6) is -2.61. The molecule has 1 atom stereocenters. The van der Waals surface area contributed by atoms with Gasteiger partial charge >= 0.3 is 5.97 Å². The van der Waals surface area contributed by atoms with Gasteiger partial charge in [-0.05, 0) is 24.6 Å². The van der Waals surface area contributed by atoms with Crippen molar-refractivity contribution >= 4 is 17.7 Å². The number of ketones is 1. The maximum atomic E-state index is 12.1. The van der Waals surface area contributed by atoms with Crippen LogP contribution in [0.5, 0.6) is 5.75 Å². The number of rotatable bonds is 4. The average molecular weight is 305 g/mol. The van der Waals surface area contributed by atoms with Gasteiger partial charge in [-0.1, -0.05) is 12.1 Å². The first kappa shape index (κ1) is 15.6. The number of phenolic OH excluding ortho intramolecular Hbond substituents is 1. The van der Waals surface area contributed by atoms with Crippen LogP contribution < -0.4 is 0 Å². The molecule has 7 nitrogen and oxygen atoms in total. The van der Waals surface area contributed by atoms with E-state index in [0.29, 0.717) is 5.56 Å². The molecule has 22 heavy (non-hydrogen) atoms. The third-order valence-electron chi connectivity index (χ3n) is 3.42. The van der Waals surface area contributed by atoms with Crippen molar-refractivity contribution in [2.75, 3.05) is 13.7 Å². The number of aliphatic hydroxyl groups is 1. The summed E-state index contributed by atoms with van der Waals surface area (Å²) in [6, 6.07) is 4.91. The highest BCUT2D eigenvalue weighted by atomic mass is 16.5. The molecule has 1 aromatic carbocycles. The molecule has 2 N–H and O–H groups in total. The average Bonchev–Trinajstić information content (AvgIpc) is 2.73. The second-order valence-electron chi connectivity index (χ2n) is 4.82. The number of carbonyl (C=O) groups excluding carboxylic acids is 3. The highest BCUT2D eigenvalue weighted by molar-refractivity contribution is 6.08. The minimum absolute atomic E-state index is 0.0187. The van der Waals surface area contributed by atoms with Gasteiger partial charge in [0.2, 0.25) is 0 Å². The molecule has 7 heteroatoms. The highest BCUT2D eigenvalue weighted by Gasteiger charge is 2.43. The Hall–Kier alpha value is -2.83. The second-order valence-corrected chi connectivity index (χ2v) is 4.82. The number of hydrogen-bond donors (Lipinski definition) is 2. The molecule has 0 saturated carbocycles. The predicted molar refractivity (Wildman–Crippen MR) is 74.9 cm³/mol. The lowest BCUT2D eigenvalue weighted by Crippen LogP contribution is -2.36. The smallest absolute Gasteiger partial charge is 0.325 e. The molecule has 0 saturated heterocycles. The van der Waals surface area contributed by atoms with Crippen molar-refractivity contribution in [1.82, 2.24) is 4.90 Å². The fourth-order valence-electron chi connectivity index (χ4n) is 2.38. The molecule has 0 aliphatic carbocycles. The Morgan fingerprint density at radius 1 is 1.23 bits per heavy atom. The van der Waals surface area contributed by atoms with Crippen LogP contribution in [0.1, 0.15) is 18.5 Å². The number of Topliss-reactive ketones (excluding diaryl/α,β-unsaturated/α-hetero) is 1. The van der Waals surface area contributed by atoms with Crippen molar-refractivity contribution in [1.29, 1.82) is 0 Å². The number of ether oxygens (including phenoxy) is 1. The van der Waals surface area contributed by atoms with Gasteiger partial charge in [-0.25, -0.2) is 0 Å². The molecular formula is C15H15NO6. The summed E-state index contributed by atoms with van der Waals surface area (Å²) in [4.78, 5) is 36.5. The fourth-order valence-corrected chi connectivity index (χ4v) is 2.38. The van der Waals surface area contributed by atoms with Crippen molar-refractivity contribution in [3.05, 3.63) is 41.2 Å². The van der Waals surface area contributed by atoms with E-state index >= 15 is 0 Å². The number of hydrogen-bond acceptors (Lipinski definition) is 6. The number of amides is 1. The Kier molecular flexibility index (Phi) is 4.16. The lowest BCUT2D eigenvalue weighted by atomic mass is 9.97. The number of phenols is 1. The van der Waals surface area contributed by atoms with Crippen LogP contribution in [0, 0.1) is 0 Å². The summed E-state index contributed by atoms with van der Waals surface area (Å²) in [7, 11) is 1.18. The summed E-state index contributed by atoms with van der Waals surface area (Å²) in [5, 5.41) is 19.3. The first-order chi connectivity index (χ1) is 10.4.